The van der Waals surface area contributed by atoms with Gasteiger partial charge in [0.15, 0.2) is 0 Å². The molecule has 1 aliphatic carbocycles. The first-order chi connectivity index (χ1) is 11.2. The van der Waals surface area contributed by atoms with Crippen molar-refractivity contribution in [3.8, 4) is 5.75 Å². The Morgan fingerprint density at radius 3 is 2.67 bits per heavy atom. The summed E-state index contributed by atoms with van der Waals surface area (Å²) in [5.41, 5.74) is 1.18. The number of methoxy groups -OCH3 is 1. The summed E-state index contributed by atoms with van der Waals surface area (Å²) in [5, 5.41) is 6.62. The molecule has 1 unspecified atom stereocenters. The highest BCUT2D eigenvalue weighted by molar-refractivity contribution is 5.85. The minimum absolute atomic E-state index is 0. The summed E-state index contributed by atoms with van der Waals surface area (Å²) in [6.45, 7) is 5.51. The van der Waals surface area contributed by atoms with Crippen molar-refractivity contribution in [3.63, 3.8) is 0 Å². The van der Waals surface area contributed by atoms with Crippen molar-refractivity contribution in [1.82, 2.24) is 15.5 Å². The molecule has 134 valence electrons. The first-order valence-corrected chi connectivity index (χ1v) is 8.55. The highest BCUT2D eigenvalue weighted by atomic mass is 35.5. The molecule has 2 N–H and O–H groups in total. The fourth-order valence-corrected chi connectivity index (χ4v) is 3.24. The van der Waals surface area contributed by atoms with E-state index in [9.17, 15) is 4.79 Å². The second-order valence-corrected chi connectivity index (χ2v) is 6.68. The van der Waals surface area contributed by atoms with E-state index in [0.717, 1.165) is 25.4 Å². The molecule has 0 bridgehead atoms. The van der Waals surface area contributed by atoms with Crippen LogP contribution in [0, 0.1) is 5.92 Å². The minimum atomic E-state index is 0. The first-order valence-electron chi connectivity index (χ1n) is 8.55. The molecule has 1 heterocycles. The van der Waals surface area contributed by atoms with Gasteiger partial charge in [-0.05, 0) is 43.4 Å². The zero-order valence-corrected chi connectivity index (χ0v) is 15.3. The lowest BCUT2D eigenvalue weighted by Gasteiger charge is -2.33. The van der Waals surface area contributed by atoms with Gasteiger partial charge < -0.3 is 15.4 Å². The van der Waals surface area contributed by atoms with Crippen LogP contribution >= 0.6 is 12.4 Å². The van der Waals surface area contributed by atoms with E-state index in [0.29, 0.717) is 18.5 Å². The fourth-order valence-electron chi connectivity index (χ4n) is 3.24. The summed E-state index contributed by atoms with van der Waals surface area (Å²) in [4.78, 5) is 14.8. The van der Waals surface area contributed by atoms with Crippen molar-refractivity contribution in [2.24, 2.45) is 5.92 Å². The smallest absolute Gasteiger partial charge is 0.234 e. The Morgan fingerprint density at radius 1 is 1.38 bits per heavy atom. The number of ether oxygens (including phenoxy) is 1. The summed E-state index contributed by atoms with van der Waals surface area (Å²) in [6.07, 6.45) is 2.39. The molecule has 24 heavy (non-hydrogen) atoms. The van der Waals surface area contributed by atoms with Crippen LogP contribution in [-0.4, -0.2) is 50.1 Å². The third-order valence-electron chi connectivity index (χ3n) is 4.87. The van der Waals surface area contributed by atoms with Crippen molar-refractivity contribution in [3.05, 3.63) is 29.8 Å². The second kappa shape index (κ2) is 8.70. The number of nitrogens with one attached hydrogen (secondary N) is 2. The predicted molar refractivity (Wildman–Crippen MR) is 97.8 cm³/mol. The van der Waals surface area contributed by atoms with E-state index < -0.39 is 0 Å². The van der Waals surface area contributed by atoms with Crippen LogP contribution in [0.5, 0.6) is 5.75 Å². The number of benzene rings is 1. The maximum atomic E-state index is 12.5. The van der Waals surface area contributed by atoms with E-state index >= 15 is 0 Å². The van der Waals surface area contributed by atoms with Crippen LogP contribution in [-0.2, 0) is 4.79 Å². The Morgan fingerprint density at radius 2 is 2.08 bits per heavy atom. The number of carbonyl (C=O) groups excluding carboxylic acids is 1. The third kappa shape index (κ3) is 4.85. The molecule has 1 aliphatic heterocycles. The highest BCUT2D eigenvalue weighted by Gasteiger charge is 2.34. The monoisotopic (exact) mass is 353 g/mol. The summed E-state index contributed by atoms with van der Waals surface area (Å²) in [6, 6.07) is 8.61. The molecule has 1 saturated heterocycles. The lowest BCUT2D eigenvalue weighted by atomic mass is 10.0. The quantitative estimate of drug-likeness (QED) is 0.821. The van der Waals surface area contributed by atoms with Gasteiger partial charge in [0.2, 0.25) is 5.91 Å². The molecular formula is C18H28ClN3O2. The van der Waals surface area contributed by atoms with Crippen LogP contribution in [0.3, 0.4) is 0 Å². The van der Waals surface area contributed by atoms with Gasteiger partial charge in [-0.1, -0.05) is 12.1 Å². The van der Waals surface area contributed by atoms with Crippen molar-refractivity contribution in [2.75, 3.05) is 33.3 Å². The molecule has 5 nitrogen and oxygen atoms in total. The molecule has 0 spiro atoms. The molecule has 0 radical (unpaired) electrons. The van der Waals surface area contributed by atoms with Gasteiger partial charge in [0, 0.05) is 25.7 Å². The Labute approximate surface area is 150 Å². The molecule has 1 aromatic carbocycles. The number of piperazine rings is 1. The van der Waals surface area contributed by atoms with Crippen LogP contribution in [0.1, 0.15) is 31.4 Å². The number of rotatable bonds is 6. The van der Waals surface area contributed by atoms with Gasteiger partial charge in [-0.2, -0.15) is 0 Å². The van der Waals surface area contributed by atoms with Crippen LogP contribution in [0.2, 0.25) is 0 Å². The molecule has 1 aromatic rings. The number of nitrogens with zero attached hydrogens (tertiary/aromatic N) is 1. The van der Waals surface area contributed by atoms with E-state index in [-0.39, 0.29) is 24.4 Å². The van der Waals surface area contributed by atoms with E-state index in [4.69, 9.17) is 4.74 Å². The average molecular weight is 354 g/mol. The van der Waals surface area contributed by atoms with Crippen LogP contribution in [0.25, 0.3) is 0 Å². The van der Waals surface area contributed by atoms with E-state index in [1.807, 2.05) is 12.1 Å². The molecule has 2 fully saturated rings. The van der Waals surface area contributed by atoms with Gasteiger partial charge in [0.05, 0.1) is 19.7 Å². The maximum Gasteiger partial charge on any atom is 0.234 e. The topological polar surface area (TPSA) is 53.6 Å². The molecule has 1 amide bonds. The van der Waals surface area contributed by atoms with Crippen LogP contribution < -0.4 is 15.4 Å². The van der Waals surface area contributed by atoms with E-state index in [1.54, 1.807) is 7.11 Å². The summed E-state index contributed by atoms with van der Waals surface area (Å²) in [7, 11) is 1.67. The Bertz CT molecular complexity index is 534. The SMILES string of the molecule is COc1ccc(C(NC(=O)CN2CCNC[C@@H]2C)C2CC2)cc1.Cl. The van der Waals surface area contributed by atoms with Gasteiger partial charge in [-0.3, -0.25) is 9.69 Å². The van der Waals surface area contributed by atoms with Gasteiger partial charge >= 0.3 is 0 Å². The minimum Gasteiger partial charge on any atom is -0.497 e. The van der Waals surface area contributed by atoms with E-state index in [1.165, 1.54) is 18.4 Å². The van der Waals surface area contributed by atoms with Gasteiger partial charge in [0.1, 0.15) is 5.75 Å². The fraction of sp³-hybridized carbons (Fsp3) is 0.611. The molecule has 1 saturated carbocycles. The maximum absolute atomic E-state index is 12.5. The predicted octanol–water partition coefficient (Wildman–Crippen LogP) is 1.98. The Balaban J connectivity index is 0.00000208. The lowest BCUT2D eigenvalue weighted by molar-refractivity contribution is -0.123. The lowest BCUT2D eigenvalue weighted by Crippen LogP contribution is -2.53. The van der Waals surface area contributed by atoms with Crippen molar-refractivity contribution >= 4 is 18.3 Å². The normalized spacial score (nSPS) is 22.3. The third-order valence-corrected chi connectivity index (χ3v) is 4.87. The van der Waals surface area contributed by atoms with Gasteiger partial charge in [-0.25, -0.2) is 0 Å². The Hall–Kier alpha value is -1.30. The number of halogens is 1. The summed E-state index contributed by atoms with van der Waals surface area (Å²) in [5.74, 6) is 1.56. The van der Waals surface area contributed by atoms with Crippen LogP contribution in [0.4, 0.5) is 0 Å². The van der Waals surface area contributed by atoms with Crippen molar-refractivity contribution in [1.29, 1.82) is 0 Å². The number of hydrogen-bond donors (Lipinski definition) is 2. The largest absolute Gasteiger partial charge is 0.497 e. The number of hydrogen-bond acceptors (Lipinski definition) is 4. The molecule has 0 aromatic heterocycles. The van der Waals surface area contributed by atoms with Gasteiger partial charge in [-0.15, -0.1) is 12.4 Å². The molecule has 6 heteroatoms. The zero-order valence-electron chi connectivity index (χ0n) is 14.5. The standard InChI is InChI=1S/C18H27N3O2.ClH/c1-13-11-19-9-10-21(13)12-17(22)20-18(14-3-4-14)15-5-7-16(23-2)8-6-15;/h5-8,13-14,18-19H,3-4,9-12H2,1-2H3,(H,20,22);1H/t13-,18?;/m0./s1. The number of carbonyl (C=O) groups is 1. The summed E-state index contributed by atoms with van der Waals surface area (Å²) >= 11 is 0. The summed E-state index contributed by atoms with van der Waals surface area (Å²) < 4.78 is 5.22. The molecule has 3 rings (SSSR count). The average Bonchev–Trinajstić information content (AvgIpc) is 3.40. The molecular weight excluding hydrogens is 326 g/mol. The van der Waals surface area contributed by atoms with Crippen molar-refractivity contribution < 1.29 is 9.53 Å². The molecule has 2 atom stereocenters. The number of amides is 1. The van der Waals surface area contributed by atoms with Crippen molar-refractivity contribution in [2.45, 2.75) is 31.8 Å². The molecule has 2 aliphatic rings. The van der Waals surface area contributed by atoms with Gasteiger partial charge in [0.25, 0.3) is 0 Å². The highest BCUT2D eigenvalue weighted by Crippen LogP contribution is 2.41. The Kier molecular flexibility index (Phi) is 6.90. The second-order valence-electron chi connectivity index (χ2n) is 6.68. The zero-order chi connectivity index (χ0) is 16.2. The first kappa shape index (κ1) is 19.0. The van der Waals surface area contributed by atoms with Crippen LogP contribution in [0.15, 0.2) is 24.3 Å². The van der Waals surface area contributed by atoms with E-state index in [2.05, 4.69) is 34.6 Å².